The van der Waals surface area contributed by atoms with E-state index in [2.05, 4.69) is 0 Å². The van der Waals surface area contributed by atoms with Gasteiger partial charge < -0.3 is 19.3 Å². The van der Waals surface area contributed by atoms with Gasteiger partial charge in [-0.05, 0) is 26.7 Å². The summed E-state index contributed by atoms with van der Waals surface area (Å²) in [7, 11) is 0. The smallest absolute Gasteiger partial charge is 0.197 e. The Morgan fingerprint density at radius 2 is 1.76 bits per heavy atom. The van der Waals surface area contributed by atoms with Gasteiger partial charge in [0, 0.05) is 5.92 Å². The van der Waals surface area contributed by atoms with E-state index in [4.69, 9.17) is 14.2 Å². The van der Waals surface area contributed by atoms with Crippen molar-refractivity contribution in [2.75, 3.05) is 6.61 Å². The molecule has 3 fully saturated rings. The highest BCUT2D eigenvalue weighted by Crippen LogP contribution is 2.46. The standard InChI is InChI=1S/C13H22O4/c1-12-8-15-13(2,11(12)14)17-10(16-12)9-6-4-3-5-7-9/h9-11,14H,3-8H2,1-2H3/t10-,11-,12-,13-/m0/s1. The zero-order chi connectivity index (χ0) is 12.1. The third kappa shape index (κ3) is 1.82. The van der Waals surface area contributed by atoms with Crippen LogP contribution in [-0.2, 0) is 14.2 Å². The first-order valence-corrected chi connectivity index (χ1v) is 6.71. The largest absolute Gasteiger partial charge is 0.384 e. The molecule has 4 atom stereocenters. The number of aliphatic hydroxyl groups excluding tert-OH is 1. The molecule has 0 amide bonds. The maximum absolute atomic E-state index is 10.2. The quantitative estimate of drug-likeness (QED) is 0.761. The minimum atomic E-state index is -0.880. The summed E-state index contributed by atoms with van der Waals surface area (Å²) < 4.78 is 17.5. The third-order valence-corrected chi connectivity index (χ3v) is 4.49. The maximum Gasteiger partial charge on any atom is 0.197 e. The minimum absolute atomic E-state index is 0.212. The highest BCUT2D eigenvalue weighted by atomic mass is 16.8. The number of rotatable bonds is 1. The molecule has 17 heavy (non-hydrogen) atoms. The second-order valence-electron chi connectivity index (χ2n) is 6.02. The predicted octanol–water partition coefficient (Wildman–Crippen LogP) is 1.81. The molecule has 1 aliphatic carbocycles. The molecule has 98 valence electrons. The molecule has 4 heteroatoms. The topological polar surface area (TPSA) is 47.9 Å². The predicted molar refractivity (Wildman–Crippen MR) is 61.3 cm³/mol. The molecule has 3 rings (SSSR count). The molecule has 0 unspecified atom stereocenters. The highest BCUT2D eigenvalue weighted by Gasteiger charge is 2.61. The molecule has 4 nitrogen and oxygen atoms in total. The molecule has 2 heterocycles. The Bertz CT molecular complexity index is 282. The maximum atomic E-state index is 10.2. The molecule has 2 bridgehead atoms. The van der Waals surface area contributed by atoms with Crippen molar-refractivity contribution in [1.29, 1.82) is 0 Å². The zero-order valence-corrected chi connectivity index (χ0v) is 10.6. The van der Waals surface area contributed by atoms with Gasteiger partial charge in [-0.2, -0.15) is 0 Å². The van der Waals surface area contributed by atoms with Crippen molar-refractivity contribution in [3.8, 4) is 0 Å². The summed E-state index contributed by atoms with van der Waals surface area (Å²) in [4.78, 5) is 0. The molecule has 2 saturated heterocycles. The van der Waals surface area contributed by atoms with E-state index < -0.39 is 17.5 Å². The van der Waals surface area contributed by atoms with Crippen molar-refractivity contribution in [3.05, 3.63) is 0 Å². The van der Waals surface area contributed by atoms with E-state index >= 15 is 0 Å². The fraction of sp³-hybridized carbons (Fsp3) is 1.00. The second kappa shape index (κ2) is 3.92. The lowest BCUT2D eigenvalue weighted by molar-refractivity contribution is -0.369. The van der Waals surface area contributed by atoms with Crippen LogP contribution in [0.3, 0.4) is 0 Å². The molecule has 0 aromatic carbocycles. The van der Waals surface area contributed by atoms with Gasteiger partial charge in [0.1, 0.15) is 11.7 Å². The van der Waals surface area contributed by atoms with Gasteiger partial charge >= 0.3 is 0 Å². The molecular formula is C13H22O4. The van der Waals surface area contributed by atoms with E-state index in [0.717, 1.165) is 12.8 Å². The molecule has 3 aliphatic rings. The first-order chi connectivity index (χ1) is 8.04. The number of aliphatic hydroxyl groups is 1. The Hall–Kier alpha value is -0.160. The van der Waals surface area contributed by atoms with Crippen LogP contribution in [0.25, 0.3) is 0 Å². The van der Waals surface area contributed by atoms with Crippen molar-refractivity contribution in [2.45, 2.75) is 69.7 Å². The summed E-state index contributed by atoms with van der Waals surface area (Å²) in [5.74, 6) is -0.425. The molecule has 1 saturated carbocycles. The Kier molecular flexibility index (Phi) is 2.74. The van der Waals surface area contributed by atoms with Crippen LogP contribution in [0.1, 0.15) is 46.0 Å². The fourth-order valence-electron chi connectivity index (χ4n) is 3.31. The number of hydrogen-bond donors (Lipinski definition) is 1. The van der Waals surface area contributed by atoms with E-state index in [1.807, 2.05) is 13.8 Å². The number of ether oxygens (including phenoxy) is 3. The third-order valence-electron chi connectivity index (χ3n) is 4.49. The normalized spacial score (nSPS) is 51.7. The Labute approximate surface area is 102 Å². The van der Waals surface area contributed by atoms with Gasteiger partial charge in [0.25, 0.3) is 0 Å². The Balaban J connectivity index is 1.77. The Morgan fingerprint density at radius 3 is 2.41 bits per heavy atom. The number of fused-ring (bicyclic) bond motifs is 2. The molecule has 1 N–H and O–H groups in total. The SMILES string of the molecule is C[C@]12OC[C@](C)(O[C@H](C3CCCCC3)O1)[C@@H]2O. The molecule has 2 aliphatic heterocycles. The van der Waals surface area contributed by atoms with Crippen LogP contribution >= 0.6 is 0 Å². The van der Waals surface area contributed by atoms with Crippen LogP contribution in [0.2, 0.25) is 0 Å². The van der Waals surface area contributed by atoms with E-state index in [9.17, 15) is 5.11 Å². The average Bonchev–Trinajstić information content (AvgIpc) is 2.50. The van der Waals surface area contributed by atoms with E-state index in [0.29, 0.717) is 12.5 Å². The lowest BCUT2D eigenvalue weighted by Gasteiger charge is -2.45. The van der Waals surface area contributed by atoms with Crippen molar-refractivity contribution in [3.63, 3.8) is 0 Å². The van der Waals surface area contributed by atoms with Crippen molar-refractivity contribution >= 4 is 0 Å². The van der Waals surface area contributed by atoms with Crippen LogP contribution in [0, 0.1) is 5.92 Å². The van der Waals surface area contributed by atoms with E-state index in [1.165, 1.54) is 19.3 Å². The van der Waals surface area contributed by atoms with Gasteiger partial charge in [-0.3, -0.25) is 0 Å². The molecule has 0 radical (unpaired) electrons. The molecule has 0 spiro atoms. The van der Waals surface area contributed by atoms with Gasteiger partial charge in [-0.15, -0.1) is 0 Å². The first-order valence-electron chi connectivity index (χ1n) is 6.71. The molecular weight excluding hydrogens is 220 g/mol. The van der Waals surface area contributed by atoms with Crippen molar-refractivity contribution in [1.82, 2.24) is 0 Å². The van der Waals surface area contributed by atoms with Gasteiger partial charge in [0.2, 0.25) is 0 Å². The average molecular weight is 242 g/mol. The summed E-state index contributed by atoms with van der Waals surface area (Å²) in [6.45, 7) is 4.15. The van der Waals surface area contributed by atoms with Gasteiger partial charge in [-0.1, -0.05) is 19.3 Å². The van der Waals surface area contributed by atoms with E-state index in [1.54, 1.807) is 0 Å². The lowest BCUT2D eigenvalue weighted by Crippen LogP contribution is -2.59. The minimum Gasteiger partial charge on any atom is -0.384 e. The monoisotopic (exact) mass is 242 g/mol. The summed E-state index contributed by atoms with van der Waals surface area (Å²) in [6, 6.07) is 0. The molecule has 0 aromatic heterocycles. The van der Waals surface area contributed by atoms with E-state index in [-0.39, 0.29) is 6.29 Å². The summed E-state index contributed by atoms with van der Waals surface area (Å²) in [5, 5.41) is 10.2. The summed E-state index contributed by atoms with van der Waals surface area (Å²) >= 11 is 0. The first kappa shape index (κ1) is 11.9. The Morgan fingerprint density at radius 1 is 1.06 bits per heavy atom. The van der Waals surface area contributed by atoms with Crippen LogP contribution in [0.4, 0.5) is 0 Å². The van der Waals surface area contributed by atoms with Crippen LogP contribution < -0.4 is 0 Å². The zero-order valence-electron chi connectivity index (χ0n) is 10.6. The highest BCUT2D eigenvalue weighted by molar-refractivity contribution is 5.02. The number of hydrogen-bond acceptors (Lipinski definition) is 4. The van der Waals surface area contributed by atoms with Gasteiger partial charge in [-0.25, -0.2) is 0 Å². The van der Waals surface area contributed by atoms with Crippen LogP contribution in [-0.4, -0.2) is 35.5 Å². The molecule has 0 aromatic rings. The van der Waals surface area contributed by atoms with Gasteiger partial charge in [0.15, 0.2) is 12.1 Å². The van der Waals surface area contributed by atoms with Crippen LogP contribution in [0.15, 0.2) is 0 Å². The summed E-state index contributed by atoms with van der Waals surface area (Å²) in [6.07, 6.45) is 5.23. The van der Waals surface area contributed by atoms with Crippen LogP contribution in [0.5, 0.6) is 0 Å². The lowest BCUT2D eigenvalue weighted by atomic mass is 9.87. The van der Waals surface area contributed by atoms with Gasteiger partial charge in [0.05, 0.1) is 6.61 Å². The summed E-state index contributed by atoms with van der Waals surface area (Å²) in [5.41, 5.74) is -0.602. The van der Waals surface area contributed by atoms with Crippen molar-refractivity contribution < 1.29 is 19.3 Å². The van der Waals surface area contributed by atoms with Crippen molar-refractivity contribution in [2.24, 2.45) is 5.92 Å². The second-order valence-corrected chi connectivity index (χ2v) is 6.02. The fourth-order valence-corrected chi connectivity index (χ4v) is 3.31.